The first-order valence-corrected chi connectivity index (χ1v) is 6.45. The van der Waals surface area contributed by atoms with Gasteiger partial charge in [0.1, 0.15) is 17.8 Å². The van der Waals surface area contributed by atoms with Gasteiger partial charge in [-0.2, -0.15) is 10.5 Å². The van der Waals surface area contributed by atoms with E-state index in [1.807, 2.05) is 12.1 Å². The molecule has 0 saturated heterocycles. The quantitative estimate of drug-likeness (QED) is 0.649. The second-order valence-corrected chi connectivity index (χ2v) is 4.76. The number of halogens is 2. The van der Waals surface area contributed by atoms with Crippen molar-refractivity contribution in [2.24, 2.45) is 10.3 Å². The lowest BCUT2D eigenvalue weighted by Gasteiger charge is -2.02. The van der Waals surface area contributed by atoms with Crippen LogP contribution in [-0.4, -0.2) is 0 Å². The van der Waals surface area contributed by atoms with Gasteiger partial charge >= 0.3 is 0 Å². The summed E-state index contributed by atoms with van der Waals surface area (Å²) in [6.45, 7) is 0. The largest absolute Gasteiger partial charge is 0.258 e. The van der Waals surface area contributed by atoms with Crippen molar-refractivity contribution >= 4 is 34.6 Å². The topological polar surface area (TPSA) is 84.3 Å². The zero-order valence-electron chi connectivity index (χ0n) is 10.5. The molecule has 0 bridgehead atoms. The van der Waals surface area contributed by atoms with Crippen LogP contribution in [0.15, 0.2) is 46.7 Å². The summed E-state index contributed by atoms with van der Waals surface area (Å²) in [7, 11) is 0. The van der Waals surface area contributed by atoms with E-state index in [1.54, 1.807) is 30.3 Å². The lowest BCUT2D eigenvalue weighted by Crippen LogP contribution is -1.91. The van der Waals surface area contributed by atoms with E-state index < -0.39 is 0 Å². The molecule has 0 unspecified atom stereocenters. The Morgan fingerprint density at radius 3 is 2.19 bits per heavy atom. The average Bonchev–Trinajstić information content (AvgIpc) is 2.48. The Morgan fingerprint density at radius 1 is 0.905 bits per heavy atom. The van der Waals surface area contributed by atoms with E-state index in [0.29, 0.717) is 32.5 Å². The zero-order valence-corrected chi connectivity index (χ0v) is 12.0. The van der Waals surface area contributed by atoms with Gasteiger partial charge < -0.3 is 0 Å². The van der Waals surface area contributed by atoms with Crippen LogP contribution in [-0.2, 0) is 0 Å². The number of nitrogens with zero attached hydrogens (tertiary/aromatic N) is 4. The van der Waals surface area contributed by atoms with E-state index >= 15 is 0 Å². The summed E-state index contributed by atoms with van der Waals surface area (Å²) >= 11 is 11.7. The van der Waals surface area contributed by atoms with Gasteiger partial charge in [0.05, 0.1) is 16.8 Å². The molecular formula is C14H7Cl2N5. The van der Waals surface area contributed by atoms with Gasteiger partial charge in [-0.05, 0) is 36.4 Å². The van der Waals surface area contributed by atoms with E-state index in [-0.39, 0.29) is 0 Å². The molecule has 2 aromatic carbocycles. The summed E-state index contributed by atoms with van der Waals surface area (Å²) in [5, 5.41) is 26.5. The molecule has 2 aromatic rings. The Hall–Kier alpha value is -2.60. The van der Waals surface area contributed by atoms with Crippen LogP contribution in [0.2, 0.25) is 10.0 Å². The highest BCUT2D eigenvalue weighted by atomic mass is 35.5. The van der Waals surface area contributed by atoms with Crippen molar-refractivity contribution < 1.29 is 0 Å². The first-order chi connectivity index (χ1) is 10.1. The standard InChI is InChI=1S/C14H7Cl2N5/c15-11-3-1-9(7-17)13(5-11)19-21-20-14-6-12(16)4-2-10(14)8-18/h1-6H,(H,19,20). The van der Waals surface area contributed by atoms with Crippen LogP contribution in [0.5, 0.6) is 0 Å². The molecule has 5 nitrogen and oxygen atoms in total. The number of rotatable bonds is 3. The molecule has 0 aliphatic carbocycles. The minimum atomic E-state index is 0.332. The summed E-state index contributed by atoms with van der Waals surface area (Å²) in [5.74, 6) is 0. The minimum absolute atomic E-state index is 0.332. The van der Waals surface area contributed by atoms with Gasteiger partial charge in [0.2, 0.25) is 0 Å². The molecule has 0 fully saturated rings. The molecular weight excluding hydrogens is 309 g/mol. The van der Waals surface area contributed by atoms with Crippen LogP contribution < -0.4 is 5.43 Å². The Labute approximate surface area is 131 Å². The summed E-state index contributed by atoms with van der Waals surface area (Å²) in [6.07, 6.45) is 0. The molecule has 1 N–H and O–H groups in total. The van der Waals surface area contributed by atoms with Crippen molar-refractivity contribution in [1.29, 1.82) is 10.5 Å². The van der Waals surface area contributed by atoms with Crippen LogP contribution in [0.3, 0.4) is 0 Å². The maximum atomic E-state index is 8.98. The van der Waals surface area contributed by atoms with Crippen molar-refractivity contribution in [3.05, 3.63) is 57.6 Å². The molecule has 2 rings (SSSR count). The van der Waals surface area contributed by atoms with Crippen LogP contribution in [0.25, 0.3) is 0 Å². The van der Waals surface area contributed by atoms with E-state index in [1.165, 1.54) is 6.07 Å². The first-order valence-electron chi connectivity index (χ1n) is 5.70. The fourth-order valence-corrected chi connectivity index (χ4v) is 1.86. The molecule has 21 heavy (non-hydrogen) atoms. The van der Waals surface area contributed by atoms with Crippen molar-refractivity contribution in [3.8, 4) is 12.1 Å². The van der Waals surface area contributed by atoms with Gasteiger partial charge in [-0.1, -0.05) is 28.4 Å². The number of hydrogen-bond acceptors (Lipinski definition) is 4. The molecule has 0 aromatic heterocycles. The van der Waals surface area contributed by atoms with Gasteiger partial charge in [0.15, 0.2) is 0 Å². The van der Waals surface area contributed by atoms with E-state index in [2.05, 4.69) is 15.8 Å². The van der Waals surface area contributed by atoms with Gasteiger partial charge in [-0.25, -0.2) is 0 Å². The third-order valence-electron chi connectivity index (χ3n) is 2.51. The Kier molecular flexibility index (Phi) is 4.73. The first kappa shape index (κ1) is 14.8. The summed E-state index contributed by atoms with van der Waals surface area (Å²) < 4.78 is 0. The van der Waals surface area contributed by atoms with E-state index in [9.17, 15) is 0 Å². The van der Waals surface area contributed by atoms with Crippen LogP contribution in [0, 0.1) is 22.7 Å². The van der Waals surface area contributed by atoms with Gasteiger partial charge in [0, 0.05) is 10.0 Å². The highest BCUT2D eigenvalue weighted by Crippen LogP contribution is 2.24. The molecule has 0 radical (unpaired) electrons. The second-order valence-electron chi connectivity index (χ2n) is 3.89. The Balaban J connectivity index is 2.25. The lowest BCUT2D eigenvalue weighted by molar-refractivity contribution is 1.12. The summed E-state index contributed by atoms with van der Waals surface area (Å²) in [6, 6.07) is 13.4. The number of anilines is 1. The maximum Gasteiger partial charge on any atom is 0.107 e. The fraction of sp³-hybridized carbons (Fsp3) is 0. The Morgan fingerprint density at radius 2 is 1.52 bits per heavy atom. The van der Waals surface area contributed by atoms with Gasteiger partial charge in [-0.3, -0.25) is 5.43 Å². The highest BCUT2D eigenvalue weighted by Gasteiger charge is 2.03. The second kappa shape index (κ2) is 6.71. The molecule has 7 heteroatoms. The van der Waals surface area contributed by atoms with Crippen molar-refractivity contribution in [3.63, 3.8) is 0 Å². The molecule has 102 valence electrons. The van der Waals surface area contributed by atoms with Crippen molar-refractivity contribution in [2.75, 3.05) is 5.43 Å². The van der Waals surface area contributed by atoms with Crippen LogP contribution in [0.1, 0.15) is 11.1 Å². The fourth-order valence-electron chi connectivity index (χ4n) is 1.52. The average molecular weight is 316 g/mol. The van der Waals surface area contributed by atoms with E-state index in [4.69, 9.17) is 33.7 Å². The zero-order chi connectivity index (χ0) is 15.2. The molecule has 0 amide bonds. The van der Waals surface area contributed by atoms with Crippen LogP contribution >= 0.6 is 23.2 Å². The van der Waals surface area contributed by atoms with Gasteiger partial charge in [0.25, 0.3) is 0 Å². The third-order valence-corrected chi connectivity index (χ3v) is 2.98. The Bertz CT molecular complexity index is 787. The number of nitrogens with one attached hydrogen (secondary N) is 1. The lowest BCUT2D eigenvalue weighted by atomic mass is 10.2. The summed E-state index contributed by atoms with van der Waals surface area (Å²) in [4.78, 5) is 0. The monoisotopic (exact) mass is 315 g/mol. The molecule has 0 atom stereocenters. The predicted molar refractivity (Wildman–Crippen MR) is 80.5 cm³/mol. The highest BCUT2D eigenvalue weighted by molar-refractivity contribution is 6.31. The SMILES string of the molecule is N#Cc1ccc(Cl)cc1N=NNc1cc(Cl)ccc1C#N. The molecule has 0 aliphatic rings. The van der Waals surface area contributed by atoms with Gasteiger partial charge in [-0.15, -0.1) is 5.11 Å². The number of benzene rings is 2. The van der Waals surface area contributed by atoms with E-state index in [0.717, 1.165) is 0 Å². The normalized spacial score (nSPS) is 10.1. The third kappa shape index (κ3) is 3.70. The number of nitriles is 2. The van der Waals surface area contributed by atoms with Crippen molar-refractivity contribution in [1.82, 2.24) is 0 Å². The smallest absolute Gasteiger partial charge is 0.107 e. The molecule has 0 heterocycles. The summed E-state index contributed by atoms with van der Waals surface area (Å²) in [5.41, 5.74) is 4.10. The van der Waals surface area contributed by atoms with Crippen LogP contribution in [0.4, 0.5) is 11.4 Å². The molecule has 0 aliphatic heterocycles. The minimum Gasteiger partial charge on any atom is -0.258 e. The molecule has 0 saturated carbocycles. The number of hydrogen-bond donors (Lipinski definition) is 1. The predicted octanol–water partition coefficient (Wildman–Crippen LogP) is 4.85. The van der Waals surface area contributed by atoms with Crippen molar-refractivity contribution in [2.45, 2.75) is 0 Å². The maximum absolute atomic E-state index is 8.98. The molecule has 0 spiro atoms.